The van der Waals surface area contributed by atoms with Gasteiger partial charge < -0.3 is 24.6 Å². The van der Waals surface area contributed by atoms with Crippen molar-refractivity contribution in [2.75, 3.05) is 18.5 Å². The zero-order chi connectivity index (χ0) is 19.1. The molecule has 0 radical (unpaired) electrons. The van der Waals surface area contributed by atoms with Crippen molar-refractivity contribution in [3.63, 3.8) is 0 Å². The summed E-state index contributed by atoms with van der Waals surface area (Å²) in [5, 5.41) is 9.33. The van der Waals surface area contributed by atoms with Crippen LogP contribution in [0, 0.1) is 0 Å². The third-order valence-electron chi connectivity index (χ3n) is 4.15. The summed E-state index contributed by atoms with van der Waals surface area (Å²) in [5.74, 6) is 0.720. The molecule has 1 aromatic carbocycles. The molecule has 2 heterocycles. The van der Waals surface area contributed by atoms with Gasteiger partial charge in [-0.05, 0) is 37.1 Å². The molecule has 1 fully saturated rings. The van der Waals surface area contributed by atoms with Crippen molar-refractivity contribution >= 4 is 17.5 Å². The second-order valence-electron chi connectivity index (χ2n) is 6.24. The third kappa shape index (κ3) is 5.55. The van der Waals surface area contributed by atoms with Gasteiger partial charge in [-0.15, -0.1) is 0 Å². The molecule has 3 rings (SSSR count). The maximum absolute atomic E-state index is 12.1. The van der Waals surface area contributed by atoms with Gasteiger partial charge in [0.25, 0.3) is 5.91 Å². The van der Waals surface area contributed by atoms with Crippen LogP contribution < -0.4 is 15.4 Å². The van der Waals surface area contributed by atoms with E-state index in [2.05, 4.69) is 15.8 Å². The summed E-state index contributed by atoms with van der Waals surface area (Å²) >= 11 is 0. The number of carbonyl (C=O) groups excluding carboxylic acids is 2. The zero-order valence-electron chi connectivity index (χ0n) is 15.2. The van der Waals surface area contributed by atoms with Crippen molar-refractivity contribution in [3.8, 4) is 5.75 Å². The molecule has 1 aliphatic heterocycles. The number of amides is 2. The van der Waals surface area contributed by atoms with Crippen molar-refractivity contribution in [3.05, 3.63) is 41.8 Å². The molecular weight excluding hydrogens is 350 g/mol. The van der Waals surface area contributed by atoms with E-state index in [9.17, 15) is 9.59 Å². The number of nitrogens with one attached hydrogen (secondary N) is 2. The average Bonchev–Trinajstić information content (AvgIpc) is 3.37. The van der Waals surface area contributed by atoms with E-state index in [4.69, 9.17) is 14.0 Å². The van der Waals surface area contributed by atoms with Gasteiger partial charge >= 0.3 is 0 Å². The van der Waals surface area contributed by atoms with E-state index < -0.39 is 0 Å². The second-order valence-corrected chi connectivity index (χ2v) is 6.24. The fraction of sp³-hybridized carbons (Fsp3) is 0.421. The number of carbonyl (C=O) groups is 2. The first-order chi connectivity index (χ1) is 13.1. The Balaban J connectivity index is 1.46. The van der Waals surface area contributed by atoms with Crippen molar-refractivity contribution in [2.45, 2.75) is 38.9 Å². The molecule has 1 aromatic heterocycles. The first kappa shape index (κ1) is 18.9. The number of aromatic nitrogens is 1. The van der Waals surface area contributed by atoms with Gasteiger partial charge in [0.05, 0.1) is 6.10 Å². The number of hydrogen-bond acceptors (Lipinski definition) is 6. The number of nitrogens with zero attached hydrogens (tertiary/aromatic N) is 1. The van der Waals surface area contributed by atoms with Crippen LogP contribution in [0.3, 0.4) is 0 Å². The minimum atomic E-state index is -0.295. The van der Waals surface area contributed by atoms with Crippen LogP contribution in [0.4, 0.5) is 5.69 Å². The molecular formula is C19H23N3O5. The molecule has 2 N–H and O–H groups in total. The highest BCUT2D eigenvalue weighted by molar-refractivity contribution is 5.92. The SMILES string of the molecule is CCC(=O)Nc1ccc(OCc2cc(C(=O)NCC3CCCO3)no2)cc1. The maximum Gasteiger partial charge on any atom is 0.273 e. The lowest BCUT2D eigenvalue weighted by Crippen LogP contribution is -2.31. The van der Waals surface area contributed by atoms with Gasteiger partial charge in [-0.2, -0.15) is 0 Å². The molecule has 0 saturated carbocycles. The first-order valence-electron chi connectivity index (χ1n) is 9.02. The van der Waals surface area contributed by atoms with Crippen molar-refractivity contribution in [1.29, 1.82) is 0 Å². The maximum atomic E-state index is 12.1. The molecule has 0 bridgehead atoms. The van der Waals surface area contributed by atoms with E-state index in [1.165, 1.54) is 0 Å². The Morgan fingerprint density at radius 2 is 2.11 bits per heavy atom. The summed E-state index contributed by atoms with van der Waals surface area (Å²) in [5.41, 5.74) is 0.920. The van der Waals surface area contributed by atoms with E-state index in [1.54, 1.807) is 37.3 Å². The Morgan fingerprint density at radius 1 is 1.30 bits per heavy atom. The zero-order valence-corrected chi connectivity index (χ0v) is 15.2. The summed E-state index contributed by atoms with van der Waals surface area (Å²) in [6.45, 7) is 3.16. The van der Waals surface area contributed by atoms with E-state index in [0.29, 0.717) is 30.2 Å². The van der Waals surface area contributed by atoms with Crippen LogP contribution in [-0.4, -0.2) is 36.2 Å². The quantitative estimate of drug-likeness (QED) is 0.737. The Hall–Kier alpha value is -2.87. The molecule has 27 heavy (non-hydrogen) atoms. The fourth-order valence-corrected chi connectivity index (χ4v) is 2.63. The topological polar surface area (TPSA) is 103 Å². The monoisotopic (exact) mass is 373 g/mol. The van der Waals surface area contributed by atoms with E-state index in [1.807, 2.05) is 0 Å². The minimum absolute atomic E-state index is 0.0457. The average molecular weight is 373 g/mol. The summed E-state index contributed by atoms with van der Waals surface area (Å²) in [4.78, 5) is 23.4. The van der Waals surface area contributed by atoms with Gasteiger partial charge in [0, 0.05) is 31.3 Å². The van der Waals surface area contributed by atoms with Gasteiger partial charge in [-0.25, -0.2) is 0 Å². The highest BCUT2D eigenvalue weighted by Gasteiger charge is 2.18. The van der Waals surface area contributed by atoms with Crippen molar-refractivity contribution in [2.24, 2.45) is 0 Å². The molecule has 144 valence electrons. The summed E-state index contributed by atoms with van der Waals surface area (Å²) < 4.78 is 16.2. The molecule has 1 atom stereocenters. The van der Waals surface area contributed by atoms with Crippen LogP contribution in [-0.2, 0) is 16.1 Å². The van der Waals surface area contributed by atoms with E-state index in [0.717, 1.165) is 19.4 Å². The lowest BCUT2D eigenvalue weighted by Gasteiger charge is -2.09. The van der Waals surface area contributed by atoms with Crippen LogP contribution in [0.15, 0.2) is 34.9 Å². The predicted octanol–water partition coefficient (Wildman–Crippen LogP) is 2.51. The van der Waals surface area contributed by atoms with Crippen LogP contribution >= 0.6 is 0 Å². The molecule has 8 nitrogen and oxygen atoms in total. The molecule has 0 spiro atoms. The van der Waals surface area contributed by atoms with Gasteiger partial charge in [0.15, 0.2) is 11.5 Å². The van der Waals surface area contributed by atoms with Crippen molar-refractivity contribution < 1.29 is 23.6 Å². The lowest BCUT2D eigenvalue weighted by atomic mass is 10.2. The highest BCUT2D eigenvalue weighted by atomic mass is 16.5. The Morgan fingerprint density at radius 3 is 2.81 bits per heavy atom. The van der Waals surface area contributed by atoms with Crippen molar-refractivity contribution in [1.82, 2.24) is 10.5 Å². The normalized spacial score (nSPS) is 16.1. The fourth-order valence-electron chi connectivity index (χ4n) is 2.63. The van der Waals surface area contributed by atoms with Crippen LogP contribution in [0.25, 0.3) is 0 Å². The Labute approximate surface area is 157 Å². The predicted molar refractivity (Wildman–Crippen MR) is 97.5 cm³/mol. The summed E-state index contributed by atoms with van der Waals surface area (Å²) in [7, 11) is 0. The van der Waals surface area contributed by atoms with Gasteiger partial charge in [-0.3, -0.25) is 9.59 Å². The molecule has 2 amide bonds. The minimum Gasteiger partial charge on any atom is -0.486 e. The number of hydrogen-bond donors (Lipinski definition) is 2. The number of rotatable bonds is 8. The molecule has 1 aliphatic rings. The summed E-state index contributed by atoms with van der Waals surface area (Å²) in [6.07, 6.45) is 2.48. The number of benzene rings is 1. The van der Waals surface area contributed by atoms with Gasteiger partial charge in [0.2, 0.25) is 5.91 Å². The number of anilines is 1. The molecule has 8 heteroatoms. The Bertz CT molecular complexity index is 766. The van der Waals surface area contributed by atoms with E-state index in [-0.39, 0.29) is 30.2 Å². The van der Waals surface area contributed by atoms with E-state index >= 15 is 0 Å². The largest absolute Gasteiger partial charge is 0.486 e. The Kier molecular flexibility index (Phi) is 6.43. The van der Waals surface area contributed by atoms with Gasteiger partial charge in [0.1, 0.15) is 12.4 Å². The van der Waals surface area contributed by atoms with Crippen LogP contribution in [0.2, 0.25) is 0 Å². The number of ether oxygens (including phenoxy) is 2. The smallest absolute Gasteiger partial charge is 0.273 e. The summed E-state index contributed by atoms with van der Waals surface area (Å²) in [6, 6.07) is 8.56. The van der Waals surface area contributed by atoms with Gasteiger partial charge in [-0.1, -0.05) is 12.1 Å². The molecule has 1 saturated heterocycles. The first-order valence-corrected chi connectivity index (χ1v) is 9.02. The standard InChI is InChI=1S/C19H23N3O5/c1-2-18(23)21-13-5-7-14(8-6-13)26-12-16-10-17(22-27-16)19(24)20-11-15-4-3-9-25-15/h5-8,10,15H,2-4,9,11-12H2,1H3,(H,20,24)(H,21,23). The second kappa shape index (κ2) is 9.18. The molecule has 2 aromatic rings. The lowest BCUT2D eigenvalue weighted by molar-refractivity contribution is -0.115. The molecule has 1 unspecified atom stereocenters. The highest BCUT2D eigenvalue weighted by Crippen LogP contribution is 2.17. The third-order valence-corrected chi connectivity index (χ3v) is 4.15. The van der Waals surface area contributed by atoms with Crippen LogP contribution in [0.1, 0.15) is 42.4 Å². The molecule has 0 aliphatic carbocycles. The van der Waals surface area contributed by atoms with Crippen LogP contribution in [0.5, 0.6) is 5.75 Å².